The minimum absolute atomic E-state index is 0.173. The third-order valence-corrected chi connectivity index (χ3v) is 4.03. The molecule has 0 aliphatic carbocycles. The Labute approximate surface area is 131 Å². The highest BCUT2D eigenvalue weighted by Crippen LogP contribution is 2.31. The fraction of sp³-hybridized carbons (Fsp3) is 0.200. The van der Waals surface area contributed by atoms with Gasteiger partial charge in [-0.05, 0) is 64.6 Å². The molecule has 2 aromatic carbocycles. The van der Waals surface area contributed by atoms with E-state index in [9.17, 15) is 0 Å². The molecule has 1 heterocycles. The lowest BCUT2D eigenvalue weighted by atomic mass is 10.1. The van der Waals surface area contributed by atoms with Crippen LogP contribution in [0, 0.1) is 3.57 Å². The van der Waals surface area contributed by atoms with Crippen LogP contribution < -0.4 is 10.1 Å². The van der Waals surface area contributed by atoms with Gasteiger partial charge in [0.1, 0.15) is 11.9 Å². The van der Waals surface area contributed by atoms with Crippen LogP contribution in [0.15, 0.2) is 42.5 Å². The minimum atomic E-state index is 0.173. The minimum Gasteiger partial charge on any atom is -0.488 e. The fourth-order valence-electron chi connectivity index (χ4n) is 2.23. The predicted molar refractivity (Wildman–Crippen MR) is 87.2 cm³/mol. The maximum atomic E-state index is 5.99. The van der Waals surface area contributed by atoms with Gasteiger partial charge in [-0.2, -0.15) is 0 Å². The highest BCUT2D eigenvalue weighted by Gasteiger charge is 2.22. The average Bonchev–Trinajstić information content (AvgIpc) is 2.78. The van der Waals surface area contributed by atoms with E-state index in [1.165, 1.54) is 9.13 Å². The van der Waals surface area contributed by atoms with E-state index >= 15 is 0 Å². The Morgan fingerprint density at radius 2 is 2.16 bits per heavy atom. The first-order chi connectivity index (χ1) is 9.20. The number of fused-ring (bicyclic) bond motifs is 1. The topological polar surface area (TPSA) is 21.3 Å². The Balaban J connectivity index is 1.62. The van der Waals surface area contributed by atoms with Gasteiger partial charge in [-0.15, -0.1) is 0 Å². The Bertz CT molecular complexity index is 602. The molecule has 1 unspecified atom stereocenters. The molecule has 3 rings (SSSR count). The Hall–Kier alpha value is -0.940. The molecule has 2 nitrogen and oxygen atoms in total. The van der Waals surface area contributed by atoms with E-state index in [-0.39, 0.29) is 6.10 Å². The molecule has 0 bridgehead atoms. The van der Waals surface area contributed by atoms with Gasteiger partial charge in [-0.25, -0.2) is 0 Å². The van der Waals surface area contributed by atoms with Crippen molar-refractivity contribution < 1.29 is 4.74 Å². The normalized spacial score (nSPS) is 16.8. The Morgan fingerprint density at radius 1 is 1.26 bits per heavy atom. The molecule has 4 heteroatoms. The van der Waals surface area contributed by atoms with Crippen LogP contribution in [0.25, 0.3) is 0 Å². The number of nitrogens with one attached hydrogen (secondary N) is 1. The van der Waals surface area contributed by atoms with E-state index in [1.807, 2.05) is 24.3 Å². The molecule has 0 radical (unpaired) electrons. The standard InChI is InChI=1S/C15H13ClINO/c16-11-4-5-15-10(6-11)7-14(19-15)9-18-13-3-1-2-12(17)8-13/h1-6,8,14,18H,7,9H2. The lowest BCUT2D eigenvalue weighted by molar-refractivity contribution is 0.246. The summed E-state index contributed by atoms with van der Waals surface area (Å²) < 4.78 is 7.12. The molecule has 2 aromatic rings. The van der Waals surface area contributed by atoms with Crippen molar-refractivity contribution in [2.45, 2.75) is 12.5 Å². The van der Waals surface area contributed by atoms with Gasteiger partial charge in [0.05, 0.1) is 6.54 Å². The summed E-state index contributed by atoms with van der Waals surface area (Å²) in [4.78, 5) is 0. The van der Waals surface area contributed by atoms with E-state index < -0.39 is 0 Å². The predicted octanol–water partition coefficient (Wildman–Crippen LogP) is 4.36. The largest absolute Gasteiger partial charge is 0.488 e. The lowest BCUT2D eigenvalue weighted by Gasteiger charge is -2.13. The zero-order valence-corrected chi connectivity index (χ0v) is 13.1. The van der Waals surface area contributed by atoms with Crippen molar-refractivity contribution in [1.82, 2.24) is 0 Å². The Kier molecular flexibility index (Phi) is 3.84. The number of hydrogen-bond acceptors (Lipinski definition) is 2. The molecule has 0 spiro atoms. The summed E-state index contributed by atoms with van der Waals surface area (Å²) in [5, 5.41) is 4.19. The number of benzene rings is 2. The summed E-state index contributed by atoms with van der Waals surface area (Å²) in [6.45, 7) is 0.798. The molecule has 0 fully saturated rings. The molecule has 98 valence electrons. The SMILES string of the molecule is Clc1ccc2c(c1)CC(CNc1cccc(I)c1)O2. The van der Waals surface area contributed by atoms with Gasteiger partial charge in [-0.3, -0.25) is 0 Å². The van der Waals surface area contributed by atoms with E-state index in [0.717, 1.165) is 29.4 Å². The molecule has 0 aromatic heterocycles. The molecular formula is C15H13ClINO. The number of anilines is 1. The van der Waals surface area contributed by atoms with Crippen LogP contribution in [0.2, 0.25) is 5.02 Å². The van der Waals surface area contributed by atoms with Crippen LogP contribution in [0.4, 0.5) is 5.69 Å². The third kappa shape index (κ3) is 3.15. The number of halogens is 2. The van der Waals surface area contributed by atoms with Gasteiger partial charge in [0.15, 0.2) is 0 Å². The highest BCUT2D eigenvalue weighted by atomic mass is 127. The highest BCUT2D eigenvalue weighted by molar-refractivity contribution is 14.1. The van der Waals surface area contributed by atoms with Gasteiger partial charge >= 0.3 is 0 Å². The second-order valence-electron chi connectivity index (χ2n) is 4.59. The van der Waals surface area contributed by atoms with E-state index in [4.69, 9.17) is 16.3 Å². The van der Waals surface area contributed by atoms with E-state index in [1.54, 1.807) is 0 Å². The molecule has 1 aliphatic heterocycles. The molecular weight excluding hydrogens is 373 g/mol. The van der Waals surface area contributed by atoms with Gasteiger partial charge in [0.25, 0.3) is 0 Å². The number of hydrogen-bond donors (Lipinski definition) is 1. The van der Waals surface area contributed by atoms with Crippen LogP contribution >= 0.6 is 34.2 Å². The second kappa shape index (κ2) is 5.59. The van der Waals surface area contributed by atoms with Crippen molar-refractivity contribution in [1.29, 1.82) is 0 Å². The summed E-state index contributed by atoms with van der Waals surface area (Å²) in [7, 11) is 0. The van der Waals surface area contributed by atoms with Crippen molar-refractivity contribution >= 4 is 39.9 Å². The summed E-state index contributed by atoms with van der Waals surface area (Å²) in [6.07, 6.45) is 1.08. The molecule has 0 saturated heterocycles. The fourth-order valence-corrected chi connectivity index (χ4v) is 2.97. The third-order valence-electron chi connectivity index (χ3n) is 3.12. The first-order valence-electron chi connectivity index (χ1n) is 6.15. The average molecular weight is 386 g/mol. The Morgan fingerprint density at radius 3 is 3.00 bits per heavy atom. The zero-order chi connectivity index (χ0) is 13.2. The summed E-state index contributed by atoms with van der Waals surface area (Å²) in [6, 6.07) is 14.1. The van der Waals surface area contributed by atoms with Crippen LogP contribution in [0.5, 0.6) is 5.75 Å². The lowest BCUT2D eigenvalue weighted by Crippen LogP contribution is -2.23. The maximum Gasteiger partial charge on any atom is 0.123 e. The summed E-state index contributed by atoms with van der Waals surface area (Å²) >= 11 is 8.30. The van der Waals surface area contributed by atoms with Crippen molar-refractivity contribution in [2.75, 3.05) is 11.9 Å². The van der Waals surface area contributed by atoms with Crippen molar-refractivity contribution in [3.05, 3.63) is 56.6 Å². The van der Waals surface area contributed by atoms with Crippen molar-refractivity contribution in [3.63, 3.8) is 0 Å². The van der Waals surface area contributed by atoms with Crippen LogP contribution in [0.3, 0.4) is 0 Å². The van der Waals surface area contributed by atoms with E-state index in [2.05, 4.69) is 46.1 Å². The maximum absolute atomic E-state index is 5.99. The molecule has 1 N–H and O–H groups in total. The molecule has 1 aliphatic rings. The monoisotopic (exact) mass is 385 g/mol. The first-order valence-corrected chi connectivity index (χ1v) is 7.61. The van der Waals surface area contributed by atoms with Crippen molar-refractivity contribution in [2.24, 2.45) is 0 Å². The molecule has 0 saturated carbocycles. The van der Waals surface area contributed by atoms with Crippen molar-refractivity contribution in [3.8, 4) is 5.75 Å². The smallest absolute Gasteiger partial charge is 0.123 e. The summed E-state index contributed by atoms with van der Waals surface area (Å²) in [5.74, 6) is 0.957. The van der Waals surface area contributed by atoms with Crippen LogP contribution in [-0.4, -0.2) is 12.6 Å². The van der Waals surface area contributed by atoms with Gasteiger partial charge in [0, 0.05) is 20.7 Å². The molecule has 19 heavy (non-hydrogen) atoms. The zero-order valence-electron chi connectivity index (χ0n) is 10.2. The second-order valence-corrected chi connectivity index (χ2v) is 6.27. The van der Waals surface area contributed by atoms with Gasteiger partial charge in [0.2, 0.25) is 0 Å². The van der Waals surface area contributed by atoms with Crippen LogP contribution in [-0.2, 0) is 6.42 Å². The van der Waals surface area contributed by atoms with Gasteiger partial charge < -0.3 is 10.1 Å². The number of rotatable bonds is 3. The first kappa shape index (κ1) is 13.1. The quantitative estimate of drug-likeness (QED) is 0.793. The molecule has 1 atom stereocenters. The van der Waals surface area contributed by atoms with E-state index in [0.29, 0.717) is 0 Å². The van der Waals surface area contributed by atoms with Gasteiger partial charge in [-0.1, -0.05) is 17.7 Å². The number of ether oxygens (including phenoxy) is 1. The molecule has 0 amide bonds. The summed E-state index contributed by atoms with van der Waals surface area (Å²) in [5.41, 5.74) is 2.33. The van der Waals surface area contributed by atoms with Crippen LogP contribution in [0.1, 0.15) is 5.56 Å².